The molecule has 0 aliphatic carbocycles. The first kappa shape index (κ1) is 30.9. The lowest BCUT2D eigenvalue weighted by Crippen LogP contribution is -3.00. The smallest absolute Gasteiger partial charge is 0.213 e. The SMILES string of the molecule is Nc1cc2c(c[n+](CCCCCCCC[n+]3cc4c5ccccc5c(N)cc4c4ccccc43)c3ccccc23)c2ccccc12.[Br-]. The molecule has 0 bridgehead atoms. The van der Waals surface area contributed by atoms with E-state index >= 15 is 0 Å². The predicted octanol–water partition coefficient (Wildman–Crippen LogP) is 6.39. The third-order valence-corrected chi connectivity index (χ3v) is 9.86. The Kier molecular flexibility index (Phi) is 8.66. The van der Waals surface area contributed by atoms with E-state index in [1.165, 1.54) is 92.6 Å². The summed E-state index contributed by atoms with van der Waals surface area (Å²) in [5.74, 6) is 0. The number of anilines is 2. The third kappa shape index (κ3) is 5.63. The minimum Gasteiger partial charge on any atom is -1.00 e. The van der Waals surface area contributed by atoms with Crippen LogP contribution < -0.4 is 37.6 Å². The van der Waals surface area contributed by atoms with Gasteiger partial charge in [0.2, 0.25) is 11.0 Å². The lowest BCUT2D eigenvalue weighted by molar-refractivity contribution is -0.670. The molecule has 0 spiro atoms. The second-order valence-electron chi connectivity index (χ2n) is 12.7. The minimum atomic E-state index is 0. The van der Waals surface area contributed by atoms with Crippen LogP contribution in [0.15, 0.2) is 122 Å². The van der Waals surface area contributed by atoms with Gasteiger partial charge >= 0.3 is 0 Å². The van der Waals surface area contributed by atoms with Gasteiger partial charge in [0.1, 0.15) is 13.1 Å². The number of rotatable bonds is 9. The molecule has 0 fully saturated rings. The van der Waals surface area contributed by atoms with Gasteiger partial charge in [0, 0.05) is 57.9 Å². The molecule has 5 heteroatoms. The van der Waals surface area contributed by atoms with Gasteiger partial charge in [0.05, 0.1) is 21.5 Å². The maximum Gasteiger partial charge on any atom is 0.213 e. The van der Waals surface area contributed by atoms with Crippen molar-refractivity contribution in [1.82, 2.24) is 0 Å². The summed E-state index contributed by atoms with van der Waals surface area (Å²) in [4.78, 5) is 0. The molecule has 8 rings (SSSR count). The first-order chi connectivity index (χ1) is 22.7. The number of halogens is 1. The zero-order valence-electron chi connectivity index (χ0n) is 26.6. The molecule has 2 aromatic heterocycles. The first-order valence-electron chi connectivity index (χ1n) is 16.7. The van der Waals surface area contributed by atoms with E-state index in [0.29, 0.717) is 0 Å². The number of hydrogen-bond donors (Lipinski definition) is 2. The fraction of sp³-hybridized carbons (Fsp3) is 0.190. The van der Waals surface area contributed by atoms with Crippen molar-refractivity contribution in [1.29, 1.82) is 0 Å². The number of para-hydroxylation sites is 2. The Balaban J connectivity index is 0.00000351. The summed E-state index contributed by atoms with van der Waals surface area (Å²) in [6.07, 6.45) is 12.0. The van der Waals surface area contributed by atoms with E-state index in [0.717, 1.165) is 35.2 Å². The van der Waals surface area contributed by atoms with Gasteiger partial charge in [-0.05, 0) is 47.9 Å². The van der Waals surface area contributed by atoms with Crippen LogP contribution in [0.3, 0.4) is 0 Å². The number of unbranched alkanes of at least 4 members (excludes halogenated alkanes) is 5. The number of nitrogen functional groups attached to an aromatic ring is 2. The van der Waals surface area contributed by atoms with E-state index in [-0.39, 0.29) is 17.0 Å². The van der Waals surface area contributed by atoms with Gasteiger partial charge in [-0.1, -0.05) is 85.6 Å². The van der Waals surface area contributed by atoms with Crippen molar-refractivity contribution in [2.75, 3.05) is 11.5 Å². The van der Waals surface area contributed by atoms with Crippen molar-refractivity contribution in [2.24, 2.45) is 0 Å². The molecule has 47 heavy (non-hydrogen) atoms. The highest BCUT2D eigenvalue weighted by atomic mass is 79.9. The van der Waals surface area contributed by atoms with Gasteiger partial charge in [0.25, 0.3) is 0 Å². The summed E-state index contributed by atoms with van der Waals surface area (Å²) in [6, 6.07) is 38.8. The molecular weight excluding hydrogens is 640 g/mol. The molecule has 0 aliphatic heterocycles. The molecule has 0 amide bonds. The molecule has 4 N–H and O–H groups in total. The summed E-state index contributed by atoms with van der Waals surface area (Å²) < 4.78 is 4.91. The van der Waals surface area contributed by atoms with E-state index in [1.54, 1.807) is 0 Å². The van der Waals surface area contributed by atoms with E-state index in [4.69, 9.17) is 11.5 Å². The van der Waals surface area contributed by atoms with Crippen LogP contribution in [-0.4, -0.2) is 0 Å². The number of pyridine rings is 2. The van der Waals surface area contributed by atoms with Crippen molar-refractivity contribution < 1.29 is 26.1 Å². The Morgan fingerprint density at radius 2 is 0.702 bits per heavy atom. The van der Waals surface area contributed by atoms with Gasteiger partial charge in [0.15, 0.2) is 12.4 Å². The van der Waals surface area contributed by atoms with E-state index < -0.39 is 0 Å². The number of fused-ring (bicyclic) bond motifs is 10. The maximum absolute atomic E-state index is 6.49. The average molecular weight is 681 g/mol. The molecule has 2 heterocycles. The zero-order valence-corrected chi connectivity index (χ0v) is 28.2. The third-order valence-electron chi connectivity index (χ3n) is 9.86. The lowest BCUT2D eigenvalue weighted by atomic mass is 9.98. The molecular formula is C42H40BrN4+. The van der Waals surface area contributed by atoms with Crippen LogP contribution in [0.2, 0.25) is 0 Å². The largest absolute Gasteiger partial charge is 1.00 e. The van der Waals surface area contributed by atoms with E-state index in [1.807, 2.05) is 0 Å². The lowest BCUT2D eigenvalue weighted by Gasteiger charge is -2.10. The molecule has 0 radical (unpaired) electrons. The van der Waals surface area contributed by atoms with Crippen molar-refractivity contribution in [2.45, 2.75) is 51.6 Å². The van der Waals surface area contributed by atoms with Gasteiger partial charge in [-0.15, -0.1) is 0 Å². The number of nitrogens with two attached hydrogens (primary N) is 2. The summed E-state index contributed by atoms with van der Waals surface area (Å²) in [5.41, 5.74) is 17.2. The summed E-state index contributed by atoms with van der Waals surface area (Å²) >= 11 is 0. The molecule has 234 valence electrons. The molecule has 6 aromatic carbocycles. The van der Waals surface area contributed by atoms with Crippen LogP contribution in [0, 0.1) is 0 Å². The number of aromatic nitrogens is 2. The molecule has 0 saturated carbocycles. The Morgan fingerprint density at radius 1 is 0.362 bits per heavy atom. The monoisotopic (exact) mass is 679 g/mol. The molecule has 0 saturated heterocycles. The topological polar surface area (TPSA) is 59.8 Å². The van der Waals surface area contributed by atoms with Crippen LogP contribution in [0.25, 0.3) is 64.9 Å². The first-order valence-corrected chi connectivity index (χ1v) is 16.7. The second-order valence-corrected chi connectivity index (χ2v) is 12.7. The van der Waals surface area contributed by atoms with Crippen molar-refractivity contribution in [3.63, 3.8) is 0 Å². The Labute approximate surface area is 286 Å². The number of benzene rings is 6. The zero-order chi connectivity index (χ0) is 31.0. The Hall–Kier alpha value is -4.74. The van der Waals surface area contributed by atoms with Gasteiger partial charge in [-0.3, -0.25) is 0 Å². The van der Waals surface area contributed by atoms with Crippen LogP contribution >= 0.6 is 0 Å². The van der Waals surface area contributed by atoms with Crippen molar-refractivity contribution in [3.05, 3.63) is 122 Å². The molecule has 8 aromatic rings. The highest BCUT2D eigenvalue weighted by Gasteiger charge is 2.18. The van der Waals surface area contributed by atoms with E-state index in [2.05, 4.69) is 131 Å². The Bertz CT molecular complexity index is 2250. The quantitative estimate of drug-likeness (QED) is 0.0804. The van der Waals surface area contributed by atoms with Crippen molar-refractivity contribution in [3.8, 4) is 0 Å². The van der Waals surface area contributed by atoms with E-state index in [9.17, 15) is 0 Å². The number of hydrogen-bond acceptors (Lipinski definition) is 2. The maximum atomic E-state index is 6.49. The highest BCUT2D eigenvalue weighted by molar-refractivity contribution is 6.19. The molecule has 0 unspecified atom stereocenters. The van der Waals surface area contributed by atoms with Gasteiger partial charge in [-0.2, -0.15) is 9.13 Å². The predicted molar refractivity (Wildman–Crippen MR) is 195 cm³/mol. The minimum absolute atomic E-state index is 0. The van der Waals surface area contributed by atoms with Crippen LogP contribution in [0.1, 0.15) is 38.5 Å². The number of nitrogens with zero attached hydrogens (tertiary/aromatic N) is 2. The second kappa shape index (κ2) is 13.2. The van der Waals surface area contributed by atoms with Crippen LogP contribution in [0.4, 0.5) is 11.4 Å². The fourth-order valence-electron chi connectivity index (χ4n) is 7.57. The Morgan fingerprint density at radius 3 is 1.13 bits per heavy atom. The molecule has 0 atom stereocenters. The highest BCUT2D eigenvalue weighted by Crippen LogP contribution is 2.34. The molecule has 4 nitrogen and oxygen atoms in total. The van der Waals surface area contributed by atoms with Gasteiger partial charge < -0.3 is 28.4 Å². The summed E-state index contributed by atoms with van der Waals surface area (Å²) in [6.45, 7) is 2.04. The van der Waals surface area contributed by atoms with Crippen LogP contribution in [-0.2, 0) is 13.1 Å². The van der Waals surface area contributed by atoms with Crippen molar-refractivity contribution >= 4 is 76.3 Å². The molecule has 0 aliphatic rings. The normalized spacial score (nSPS) is 11.7. The number of aryl methyl sites for hydroxylation is 2. The van der Waals surface area contributed by atoms with Crippen LogP contribution in [0.5, 0.6) is 0 Å². The fourth-order valence-corrected chi connectivity index (χ4v) is 7.57. The van der Waals surface area contributed by atoms with Gasteiger partial charge in [-0.25, -0.2) is 0 Å². The average Bonchev–Trinajstić information content (AvgIpc) is 3.10. The standard InChI is InChI=1S/C42H38N4.BrH/c43-39-25-35-33-19-9-11-21-41(33)45(27-37(35)29-15-5-7-17-31(29)39)23-13-3-1-2-4-14-24-46-28-38-30-16-6-8-18-32(30)40(44)26-36(38)34-20-10-12-22-42(34)46;/h5-12,15-22,25-28,43-44H,1-4,13-14,23-24H2;1H/p+1. The summed E-state index contributed by atoms with van der Waals surface area (Å²) in [5, 5.41) is 12.3. The summed E-state index contributed by atoms with van der Waals surface area (Å²) in [7, 11) is 0.